The number of nitrogens with one attached hydrogen (secondary N) is 1. The number of benzene rings is 1. The molecule has 4 heteroatoms. The number of anilines is 2. The smallest absolute Gasteiger partial charge is 0.207 e. The van der Waals surface area contributed by atoms with Crippen molar-refractivity contribution in [3.63, 3.8) is 0 Å². The van der Waals surface area contributed by atoms with E-state index in [1.54, 1.807) is 18.0 Å². The fraction of sp³-hybridized carbons (Fsp3) is 0.182. The quantitative estimate of drug-likeness (QED) is 0.805. The maximum atomic E-state index is 4.23. The zero-order valence-electron chi connectivity index (χ0n) is 8.77. The van der Waals surface area contributed by atoms with Crippen LogP contribution in [0.4, 0.5) is 11.6 Å². The van der Waals surface area contributed by atoms with Gasteiger partial charge in [0.1, 0.15) is 0 Å². The summed E-state index contributed by atoms with van der Waals surface area (Å²) in [5, 5.41) is 3.30. The molecule has 0 saturated carbocycles. The Hall–Kier alpha value is -1.42. The first kappa shape index (κ1) is 10.1. The van der Waals surface area contributed by atoms with E-state index >= 15 is 0 Å². The van der Waals surface area contributed by atoms with E-state index in [1.165, 1.54) is 4.90 Å². The number of hydrogen-bond acceptors (Lipinski definition) is 3. The molecule has 2 rings (SSSR count). The monoisotopic (exact) mass is 219 g/mol. The minimum atomic E-state index is 0.858. The molecule has 15 heavy (non-hydrogen) atoms. The summed E-state index contributed by atoms with van der Waals surface area (Å²) in [5.74, 6) is 0.858. The van der Waals surface area contributed by atoms with Gasteiger partial charge in [0.15, 0.2) is 0 Å². The third-order valence-electron chi connectivity index (χ3n) is 2.17. The van der Waals surface area contributed by atoms with Gasteiger partial charge in [0.25, 0.3) is 0 Å². The van der Waals surface area contributed by atoms with Crippen molar-refractivity contribution >= 4 is 23.4 Å². The molecule has 1 heterocycles. The summed E-state index contributed by atoms with van der Waals surface area (Å²) in [4.78, 5) is 5.45. The second kappa shape index (κ2) is 4.40. The first-order chi connectivity index (χ1) is 7.31. The Morgan fingerprint density at radius 1 is 1.33 bits per heavy atom. The highest BCUT2D eigenvalue weighted by atomic mass is 32.2. The molecule has 0 bridgehead atoms. The maximum absolute atomic E-state index is 4.23. The molecule has 0 atom stereocenters. The lowest BCUT2D eigenvalue weighted by atomic mass is 10.3. The Labute approximate surface area is 93.5 Å². The van der Waals surface area contributed by atoms with Crippen LogP contribution in [0, 0.1) is 0 Å². The summed E-state index contributed by atoms with van der Waals surface area (Å²) in [6, 6.07) is 8.21. The Kier molecular flexibility index (Phi) is 2.97. The number of rotatable bonds is 3. The molecule has 0 radical (unpaired) electrons. The van der Waals surface area contributed by atoms with Gasteiger partial charge in [-0.25, -0.2) is 4.98 Å². The van der Waals surface area contributed by atoms with Gasteiger partial charge in [-0.2, -0.15) is 0 Å². The molecule has 0 aliphatic carbocycles. The molecule has 78 valence electrons. The van der Waals surface area contributed by atoms with Crippen LogP contribution in [0.5, 0.6) is 0 Å². The van der Waals surface area contributed by atoms with E-state index in [2.05, 4.69) is 28.7 Å². The minimum Gasteiger partial charge on any atom is -0.325 e. The van der Waals surface area contributed by atoms with E-state index in [1.807, 2.05) is 29.9 Å². The van der Waals surface area contributed by atoms with Crippen LogP contribution in [0.1, 0.15) is 0 Å². The number of hydrogen-bond donors (Lipinski definition) is 1. The van der Waals surface area contributed by atoms with E-state index in [0.29, 0.717) is 0 Å². The highest BCUT2D eigenvalue weighted by Gasteiger charge is 2.03. The molecular weight excluding hydrogens is 206 g/mol. The molecule has 2 aromatic rings. The highest BCUT2D eigenvalue weighted by molar-refractivity contribution is 7.98. The van der Waals surface area contributed by atoms with Crippen molar-refractivity contribution in [2.75, 3.05) is 11.6 Å². The van der Waals surface area contributed by atoms with Gasteiger partial charge in [-0.05, 0) is 18.4 Å². The van der Waals surface area contributed by atoms with Crippen molar-refractivity contribution in [2.24, 2.45) is 7.05 Å². The molecule has 1 aromatic heterocycles. The fourth-order valence-corrected chi connectivity index (χ4v) is 1.91. The molecule has 0 saturated heterocycles. The molecule has 0 spiro atoms. The summed E-state index contributed by atoms with van der Waals surface area (Å²) in [7, 11) is 1.97. The molecule has 0 aliphatic heterocycles. The van der Waals surface area contributed by atoms with Crippen LogP contribution in [-0.4, -0.2) is 15.8 Å². The van der Waals surface area contributed by atoms with E-state index in [9.17, 15) is 0 Å². The van der Waals surface area contributed by atoms with Gasteiger partial charge in [-0.15, -0.1) is 11.8 Å². The largest absolute Gasteiger partial charge is 0.325 e. The van der Waals surface area contributed by atoms with Gasteiger partial charge < -0.3 is 9.88 Å². The summed E-state index contributed by atoms with van der Waals surface area (Å²) < 4.78 is 1.96. The van der Waals surface area contributed by atoms with Gasteiger partial charge in [0.05, 0.1) is 5.69 Å². The van der Waals surface area contributed by atoms with Crippen LogP contribution in [0.2, 0.25) is 0 Å². The van der Waals surface area contributed by atoms with Crippen LogP contribution in [0.3, 0.4) is 0 Å². The third kappa shape index (κ3) is 2.15. The molecule has 0 fully saturated rings. The predicted molar refractivity (Wildman–Crippen MR) is 64.7 cm³/mol. The van der Waals surface area contributed by atoms with Crippen molar-refractivity contribution in [3.05, 3.63) is 36.7 Å². The lowest BCUT2D eigenvalue weighted by molar-refractivity contribution is 0.923. The van der Waals surface area contributed by atoms with Crippen LogP contribution >= 0.6 is 11.8 Å². The lowest BCUT2D eigenvalue weighted by Gasteiger charge is -2.09. The summed E-state index contributed by atoms with van der Waals surface area (Å²) in [6.07, 6.45) is 5.77. The Bertz CT molecular complexity index is 451. The average Bonchev–Trinajstić information content (AvgIpc) is 2.65. The number of thioether (sulfide) groups is 1. The molecule has 1 aromatic carbocycles. The number of para-hydroxylation sites is 1. The predicted octanol–water partition coefficient (Wildman–Crippen LogP) is 2.89. The number of aryl methyl sites for hydroxylation is 1. The normalized spacial score (nSPS) is 10.3. The summed E-state index contributed by atoms with van der Waals surface area (Å²) in [5.41, 5.74) is 1.10. The number of imidazole rings is 1. The molecule has 3 nitrogen and oxygen atoms in total. The SMILES string of the molecule is CSc1ccccc1Nc1nccn1C. The first-order valence-corrected chi connectivity index (χ1v) is 5.91. The lowest BCUT2D eigenvalue weighted by Crippen LogP contribution is -1.99. The summed E-state index contributed by atoms with van der Waals surface area (Å²) >= 11 is 1.72. The van der Waals surface area contributed by atoms with E-state index in [-0.39, 0.29) is 0 Å². The zero-order valence-corrected chi connectivity index (χ0v) is 9.58. The van der Waals surface area contributed by atoms with Gasteiger partial charge in [-0.1, -0.05) is 12.1 Å². The third-order valence-corrected chi connectivity index (χ3v) is 2.97. The second-order valence-electron chi connectivity index (χ2n) is 3.19. The van der Waals surface area contributed by atoms with Crippen molar-refractivity contribution in [1.29, 1.82) is 0 Å². The Morgan fingerprint density at radius 3 is 2.80 bits per heavy atom. The van der Waals surface area contributed by atoms with Crippen molar-refractivity contribution in [1.82, 2.24) is 9.55 Å². The molecule has 0 amide bonds. The standard InChI is InChI=1S/C11H13N3S/c1-14-8-7-12-11(14)13-9-5-3-4-6-10(9)15-2/h3-8H,1-2H3,(H,12,13). The van der Waals surface area contributed by atoms with Gasteiger partial charge >= 0.3 is 0 Å². The molecule has 0 unspecified atom stereocenters. The fourth-order valence-electron chi connectivity index (χ4n) is 1.35. The van der Waals surface area contributed by atoms with Crippen LogP contribution in [-0.2, 0) is 7.05 Å². The minimum absolute atomic E-state index is 0.858. The second-order valence-corrected chi connectivity index (χ2v) is 4.04. The van der Waals surface area contributed by atoms with Gasteiger partial charge in [-0.3, -0.25) is 0 Å². The molecular formula is C11H13N3S. The zero-order chi connectivity index (χ0) is 10.7. The first-order valence-electron chi connectivity index (χ1n) is 4.68. The van der Waals surface area contributed by atoms with Crippen molar-refractivity contribution < 1.29 is 0 Å². The van der Waals surface area contributed by atoms with Crippen LogP contribution < -0.4 is 5.32 Å². The molecule has 0 aliphatic rings. The van der Waals surface area contributed by atoms with E-state index < -0.39 is 0 Å². The van der Waals surface area contributed by atoms with Gasteiger partial charge in [0.2, 0.25) is 5.95 Å². The Balaban J connectivity index is 2.28. The van der Waals surface area contributed by atoms with Crippen LogP contribution in [0.15, 0.2) is 41.6 Å². The topological polar surface area (TPSA) is 29.9 Å². The van der Waals surface area contributed by atoms with Crippen molar-refractivity contribution in [3.8, 4) is 0 Å². The van der Waals surface area contributed by atoms with Crippen molar-refractivity contribution in [2.45, 2.75) is 4.90 Å². The van der Waals surface area contributed by atoms with E-state index in [4.69, 9.17) is 0 Å². The Morgan fingerprint density at radius 2 is 2.13 bits per heavy atom. The van der Waals surface area contributed by atoms with Crippen LogP contribution in [0.25, 0.3) is 0 Å². The van der Waals surface area contributed by atoms with E-state index in [0.717, 1.165) is 11.6 Å². The average molecular weight is 219 g/mol. The number of aromatic nitrogens is 2. The molecule has 1 N–H and O–H groups in total. The van der Waals surface area contributed by atoms with Gasteiger partial charge in [0, 0.05) is 24.3 Å². The summed E-state index contributed by atoms with van der Waals surface area (Å²) in [6.45, 7) is 0. The number of nitrogens with zero attached hydrogens (tertiary/aromatic N) is 2. The maximum Gasteiger partial charge on any atom is 0.207 e. The highest BCUT2D eigenvalue weighted by Crippen LogP contribution is 2.26.